The van der Waals surface area contributed by atoms with Gasteiger partial charge < -0.3 is 15.3 Å². The molecular weight excluding hydrogens is 248 g/mol. The van der Waals surface area contributed by atoms with Crippen LogP contribution in [0, 0.1) is 5.92 Å². The van der Waals surface area contributed by atoms with Crippen molar-refractivity contribution in [2.75, 3.05) is 20.1 Å². The number of phenolic OH excluding ortho intramolecular Hbond substituents is 1. The van der Waals surface area contributed by atoms with E-state index in [0.29, 0.717) is 23.8 Å². The van der Waals surface area contributed by atoms with Gasteiger partial charge in [0.25, 0.3) is 0 Å². The van der Waals surface area contributed by atoms with Crippen LogP contribution < -0.4 is 5.32 Å². The van der Waals surface area contributed by atoms with Crippen molar-refractivity contribution < 1.29 is 5.11 Å². The molecule has 1 aromatic carbocycles. The molecule has 1 heterocycles. The third kappa shape index (κ3) is 2.84. The lowest BCUT2D eigenvalue weighted by Crippen LogP contribution is -2.48. The fraction of sp³-hybridized carbons (Fsp3) is 0.647. The normalized spacial score (nSPS) is 31.0. The number of aromatic hydroxyl groups is 1. The lowest BCUT2D eigenvalue weighted by atomic mass is 9.85. The zero-order chi connectivity index (χ0) is 14.1. The van der Waals surface area contributed by atoms with Crippen molar-refractivity contribution in [1.29, 1.82) is 0 Å². The van der Waals surface area contributed by atoms with E-state index in [0.717, 1.165) is 6.42 Å². The van der Waals surface area contributed by atoms with Gasteiger partial charge in [-0.25, -0.2) is 0 Å². The number of aryl methyl sites for hydroxylation is 1. The Morgan fingerprint density at radius 3 is 2.95 bits per heavy atom. The van der Waals surface area contributed by atoms with Crippen molar-refractivity contribution in [2.24, 2.45) is 5.92 Å². The minimum Gasteiger partial charge on any atom is -0.508 e. The first-order chi connectivity index (χ1) is 9.63. The number of nitrogens with one attached hydrogen (secondary N) is 1. The van der Waals surface area contributed by atoms with E-state index in [1.54, 1.807) is 0 Å². The van der Waals surface area contributed by atoms with Gasteiger partial charge in [0.15, 0.2) is 0 Å². The van der Waals surface area contributed by atoms with Gasteiger partial charge in [-0.3, -0.25) is 0 Å². The molecule has 0 amide bonds. The van der Waals surface area contributed by atoms with Crippen LogP contribution in [-0.4, -0.2) is 36.2 Å². The van der Waals surface area contributed by atoms with Gasteiger partial charge in [-0.15, -0.1) is 0 Å². The topological polar surface area (TPSA) is 35.5 Å². The maximum atomic E-state index is 9.64. The first kappa shape index (κ1) is 13.9. The zero-order valence-electron chi connectivity index (χ0n) is 12.6. The Morgan fingerprint density at radius 1 is 1.30 bits per heavy atom. The molecule has 3 atom stereocenters. The van der Waals surface area contributed by atoms with Crippen molar-refractivity contribution in [2.45, 2.75) is 44.7 Å². The van der Waals surface area contributed by atoms with E-state index in [1.165, 1.54) is 43.5 Å². The van der Waals surface area contributed by atoms with Crippen molar-refractivity contribution in [1.82, 2.24) is 10.2 Å². The van der Waals surface area contributed by atoms with Crippen molar-refractivity contribution in [3.63, 3.8) is 0 Å². The fourth-order valence-corrected chi connectivity index (χ4v) is 3.83. The van der Waals surface area contributed by atoms with E-state index in [-0.39, 0.29) is 0 Å². The highest BCUT2D eigenvalue weighted by molar-refractivity contribution is 5.38. The molecule has 20 heavy (non-hydrogen) atoms. The second-order valence-electron chi connectivity index (χ2n) is 6.63. The number of fused-ring (bicyclic) bond motifs is 1. The summed E-state index contributed by atoms with van der Waals surface area (Å²) >= 11 is 0. The summed E-state index contributed by atoms with van der Waals surface area (Å²) in [5, 5.41) is 13.5. The van der Waals surface area contributed by atoms with Gasteiger partial charge in [-0.1, -0.05) is 13.0 Å². The number of hydrogen-bond donors (Lipinski definition) is 2. The van der Waals surface area contributed by atoms with E-state index in [2.05, 4.69) is 30.3 Å². The largest absolute Gasteiger partial charge is 0.508 e. The van der Waals surface area contributed by atoms with Gasteiger partial charge in [0.2, 0.25) is 0 Å². The summed E-state index contributed by atoms with van der Waals surface area (Å²) < 4.78 is 0. The van der Waals surface area contributed by atoms with Crippen LogP contribution in [-0.2, 0) is 6.42 Å². The summed E-state index contributed by atoms with van der Waals surface area (Å²) in [6, 6.07) is 6.98. The number of rotatable bonds is 2. The van der Waals surface area contributed by atoms with Crippen LogP contribution in [0.25, 0.3) is 0 Å². The van der Waals surface area contributed by atoms with Crippen LogP contribution >= 0.6 is 0 Å². The predicted octanol–water partition coefficient (Wildman–Crippen LogP) is 2.70. The molecule has 110 valence electrons. The third-order valence-electron chi connectivity index (χ3n) is 4.96. The van der Waals surface area contributed by atoms with Gasteiger partial charge >= 0.3 is 0 Å². The second-order valence-corrected chi connectivity index (χ2v) is 6.63. The Balaban J connectivity index is 1.73. The summed E-state index contributed by atoms with van der Waals surface area (Å²) in [6.45, 7) is 4.73. The number of benzene rings is 1. The highest BCUT2D eigenvalue weighted by atomic mass is 16.3. The van der Waals surface area contributed by atoms with E-state index < -0.39 is 0 Å². The average Bonchev–Trinajstić information content (AvgIpc) is 2.41. The van der Waals surface area contributed by atoms with Crippen molar-refractivity contribution in [3.8, 4) is 5.75 Å². The molecule has 0 bridgehead atoms. The Labute approximate surface area is 122 Å². The molecule has 1 aromatic rings. The molecule has 0 spiro atoms. The van der Waals surface area contributed by atoms with Crippen LogP contribution in [0.4, 0.5) is 0 Å². The number of hydrogen-bond acceptors (Lipinski definition) is 3. The molecule has 3 unspecified atom stereocenters. The molecule has 2 N–H and O–H groups in total. The lowest BCUT2D eigenvalue weighted by molar-refractivity contribution is 0.163. The maximum Gasteiger partial charge on any atom is 0.115 e. The highest BCUT2D eigenvalue weighted by Crippen LogP contribution is 2.33. The average molecular weight is 274 g/mol. The number of phenols is 1. The molecule has 0 radical (unpaired) electrons. The van der Waals surface area contributed by atoms with E-state index >= 15 is 0 Å². The van der Waals surface area contributed by atoms with Crippen molar-refractivity contribution >= 4 is 0 Å². The monoisotopic (exact) mass is 274 g/mol. The summed E-state index contributed by atoms with van der Waals surface area (Å²) in [5.74, 6) is 1.10. The molecule has 0 saturated carbocycles. The zero-order valence-corrected chi connectivity index (χ0v) is 12.6. The molecule has 0 aromatic heterocycles. The molecule has 2 aliphatic rings. The Kier molecular flexibility index (Phi) is 3.99. The van der Waals surface area contributed by atoms with E-state index in [1.807, 2.05) is 12.1 Å². The van der Waals surface area contributed by atoms with Crippen LogP contribution in [0.3, 0.4) is 0 Å². The van der Waals surface area contributed by atoms with Gasteiger partial charge in [-0.05, 0) is 68.5 Å². The van der Waals surface area contributed by atoms with Gasteiger partial charge in [-0.2, -0.15) is 0 Å². The minimum atomic E-state index is 0.400. The molecule has 1 aliphatic carbocycles. The molecule has 1 saturated heterocycles. The summed E-state index contributed by atoms with van der Waals surface area (Å²) in [7, 11) is 2.21. The summed E-state index contributed by atoms with van der Waals surface area (Å²) in [5.41, 5.74) is 2.73. The smallest absolute Gasteiger partial charge is 0.115 e. The summed E-state index contributed by atoms with van der Waals surface area (Å²) in [6.07, 6.45) is 4.78. The minimum absolute atomic E-state index is 0.400. The fourth-order valence-electron chi connectivity index (χ4n) is 3.83. The molecule has 1 aliphatic heterocycles. The Morgan fingerprint density at radius 2 is 2.15 bits per heavy atom. The lowest BCUT2D eigenvalue weighted by Gasteiger charge is -2.39. The molecule has 3 heteroatoms. The third-order valence-corrected chi connectivity index (χ3v) is 4.96. The first-order valence-electron chi connectivity index (χ1n) is 7.90. The van der Waals surface area contributed by atoms with Crippen LogP contribution in [0.1, 0.15) is 43.4 Å². The standard InChI is InChI=1S/C17H26N2O/c1-12-11-19(2)9-8-16(12)18-17-5-3-4-13-10-14(20)6-7-15(13)17/h6-7,10,12,16-18,20H,3-5,8-9,11H2,1-2H3. The highest BCUT2D eigenvalue weighted by Gasteiger charge is 2.28. The van der Waals surface area contributed by atoms with E-state index in [4.69, 9.17) is 0 Å². The number of piperidine rings is 1. The predicted molar refractivity (Wildman–Crippen MR) is 82.0 cm³/mol. The quantitative estimate of drug-likeness (QED) is 0.870. The first-order valence-corrected chi connectivity index (χ1v) is 7.90. The molecule has 1 fully saturated rings. The van der Waals surface area contributed by atoms with Gasteiger partial charge in [0.05, 0.1) is 0 Å². The van der Waals surface area contributed by atoms with Gasteiger partial charge in [0, 0.05) is 18.6 Å². The van der Waals surface area contributed by atoms with Gasteiger partial charge in [0.1, 0.15) is 5.75 Å². The number of likely N-dealkylation sites (tertiary alicyclic amines) is 1. The Hall–Kier alpha value is -1.06. The molecular formula is C17H26N2O. The maximum absolute atomic E-state index is 9.64. The summed E-state index contributed by atoms with van der Waals surface area (Å²) in [4.78, 5) is 2.43. The van der Waals surface area contributed by atoms with Crippen LogP contribution in [0.15, 0.2) is 18.2 Å². The van der Waals surface area contributed by atoms with Crippen LogP contribution in [0.2, 0.25) is 0 Å². The second kappa shape index (κ2) is 5.74. The number of nitrogens with zero attached hydrogens (tertiary/aromatic N) is 1. The van der Waals surface area contributed by atoms with Crippen LogP contribution in [0.5, 0.6) is 5.75 Å². The SMILES string of the molecule is CC1CN(C)CCC1NC1CCCc2cc(O)ccc21. The Bertz CT molecular complexity index is 474. The van der Waals surface area contributed by atoms with Crippen molar-refractivity contribution in [3.05, 3.63) is 29.3 Å². The molecule has 3 rings (SSSR count). The van der Waals surface area contributed by atoms with E-state index in [9.17, 15) is 5.11 Å². The molecule has 3 nitrogen and oxygen atoms in total.